The molecule has 2 aliphatic rings. The molecule has 2 aliphatic carbocycles. The van der Waals surface area contributed by atoms with E-state index in [2.05, 4.69) is 31.1 Å². The van der Waals surface area contributed by atoms with E-state index in [1.54, 1.807) is 0 Å². The van der Waals surface area contributed by atoms with Crippen molar-refractivity contribution in [1.29, 1.82) is 0 Å². The molecular formula is C13H24N2O2. The second kappa shape index (κ2) is 6.03. The Labute approximate surface area is 103 Å². The number of hydrogen-bond acceptors (Lipinski definition) is 4. The average Bonchev–Trinajstić information content (AvgIpc) is 2.85. The molecule has 0 aromatic carbocycles. The molecule has 0 saturated heterocycles. The van der Waals surface area contributed by atoms with E-state index >= 15 is 0 Å². The average molecular weight is 240 g/mol. The molecule has 0 aromatic heterocycles. The van der Waals surface area contributed by atoms with E-state index in [1.807, 2.05) is 0 Å². The van der Waals surface area contributed by atoms with Crippen molar-refractivity contribution in [1.82, 2.24) is 0 Å². The van der Waals surface area contributed by atoms with Crippen LogP contribution in [0, 0.1) is 11.3 Å². The Balaban J connectivity index is 0.000000171. The van der Waals surface area contributed by atoms with Gasteiger partial charge >= 0.3 is 0 Å². The zero-order valence-corrected chi connectivity index (χ0v) is 11.1. The Hall–Kier alpha value is -1.06. The summed E-state index contributed by atoms with van der Waals surface area (Å²) in [4.78, 5) is 0. The molecule has 0 radical (unpaired) electrons. The minimum Gasteiger partial charge on any atom is -0.411 e. The van der Waals surface area contributed by atoms with Crippen molar-refractivity contribution < 1.29 is 10.4 Å². The summed E-state index contributed by atoms with van der Waals surface area (Å²) < 4.78 is 0. The van der Waals surface area contributed by atoms with Gasteiger partial charge in [0.15, 0.2) is 0 Å². The second-order valence-electron chi connectivity index (χ2n) is 6.02. The lowest BCUT2D eigenvalue weighted by Gasteiger charge is -2.13. The molecule has 98 valence electrons. The third-order valence-corrected chi connectivity index (χ3v) is 3.57. The normalized spacial score (nSPS) is 31.6. The van der Waals surface area contributed by atoms with Crippen LogP contribution in [0.2, 0.25) is 0 Å². The molecule has 0 spiro atoms. The number of oxime groups is 2. The summed E-state index contributed by atoms with van der Waals surface area (Å²) in [7, 11) is 0. The minimum atomic E-state index is 0.377. The standard InChI is InChI=1S/C7H13NO.C6H11NO/c1-7(2)4-3-6(5-7)8-9;1-5-2-3-6(4-5)7-8/h9H,3-5H2,1-2H3;5,8H,2-4H2,1H3. The zero-order chi connectivity index (χ0) is 12.9. The maximum absolute atomic E-state index is 8.39. The first kappa shape index (κ1) is 14.0. The van der Waals surface area contributed by atoms with Crippen molar-refractivity contribution in [2.24, 2.45) is 21.6 Å². The summed E-state index contributed by atoms with van der Waals surface area (Å²) in [5, 5.41) is 23.0. The van der Waals surface area contributed by atoms with E-state index in [1.165, 1.54) is 6.42 Å². The second-order valence-corrected chi connectivity index (χ2v) is 6.02. The molecule has 17 heavy (non-hydrogen) atoms. The number of rotatable bonds is 0. The van der Waals surface area contributed by atoms with Crippen molar-refractivity contribution in [3.8, 4) is 0 Å². The third kappa shape index (κ3) is 4.75. The van der Waals surface area contributed by atoms with Gasteiger partial charge in [-0.15, -0.1) is 0 Å². The van der Waals surface area contributed by atoms with Gasteiger partial charge in [0.25, 0.3) is 0 Å². The third-order valence-electron chi connectivity index (χ3n) is 3.57. The molecule has 2 saturated carbocycles. The number of nitrogens with zero attached hydrogens (tertiary/aromatic N) is 2. The summed E-state index contributed by atoms with van der Waals surface area (Å²) in [6.07, 6.45) is 6.28. The smallest absolute Gasteiger partial charge is 0.0576 e. The largest absolute Gasteiger partial charge is 0.411 e. The van der Waals surface area contributed by atoms with Crippen molar-refractivity contribution in [2.45, 2.75) is 59.3 Å². The fourth-order valence-corrected chi connectivity index (χ4v) is 2.41. The van der Waals surface area contributed by atoms with E-state index < -0.39 is 0 Å². The van der Waals surface area contributed by atoms with Gasteiger partial charge in [0.05, 0.1) is 11.4 Å². The Morgan fingerprint density at radius 3 is 2.00 bits per heavy atom. The summed E-state index contributed by atoms with van der Waals surface area (Å²) >= 11 is 0. The van der Waals surface area contributed by atoms with Crippen LogP contribution in [-0.4, -0.2) is 21.8 Å². The topological polar surface area (TPSA) is 65.2 Å². The first-order valence-electron chi connectivity index (χ1n) is 6.36. The first-order chi connectivity index (χ1) is 7.96. The molecule has 1 unspecified atom stereocenters. The summed E-state index contributed by atoms with van der Waals surface area (Å²) in [6, 6.07) is 0. The lowest BCUT2D eigenvalue weighted by molar-refractivity contribution is 0.315. The molecular weight excluding hydrogens is 216 g/mol. The van der Waals surface area contributed by atoms with Gasteiger partial charge in [0, 0.05) is 0 Å². The van der Waals surface area contributed by atoms with Crippen LogP contribution < -0.4 is 0 Å². The highest BCUT2D eigenvalue weighted by Crippen LogP contribution is 2.34. The molecule has 0 heterocycles. The fraction of sp³-hybridized carbons (Fsp3) is 0.846. The van der Waals surface area contributed by atoms with Gasteiger partial charge in [-0.2, -0.15) is 0 Å². The molecule has 0 amide bonds. The predicted octanol–water partition coefficient (Wildman–Crippen LogP) is 3.66. The summed E-state index contributed by atoms with van der Waals surface area (Å²) in [5.41, 5.74) is 2.30. The molecule has 4 heteroatoms. The highest BCUT2D eigenvalue weighted by atomic mass is 16.4. The van der Waals surface area contributed by atoms with E-state index in [-0.39, 0.29) is 0 Å². The Morgan fingerprint density at radius 2 is 1.76 bits per heavy atom. The van der Waals surface area contributed by atoms with Gasteiger partial charge in [-0.1, -0.05) is 31.1 Å². The van der Waals surface area contributed by atoms with Gasteiger partial charge in [0.1, 0.15) is 0 Å². The highest BCUT2D eigenvalue weighted by molar-refractivity contribution is 5.86. The molecule has 1 atom stereocenters. The molecule has 4 nitrogen and oxygen atoms in total. The Morgan fingerprint density at radius 1 is 1.12 bits per heavy atom. The SMILES string of the molecule is CC1(C)CCC(=NO)C1.CC1CCC(=NO)C1. The molecule has 0 bridgehead atoms. The van der Waals surface area contributed by atoms with Crippen molar-refractivity contribution >= 4 is 11.4 Å². The van der Waals surface area contributed by atoms with Crippen molar-refractivity contribution in [3.63, 3.8) is 0 Å². The van der Waals surface area contributed by atoms with E-state index in [0.29, 0.717) is 5.41 Å². The molecule has 2 rings (SSSR count). The zero-order valence-electron chi connectivity index (χ0n) is 11.1. The van der Waals surface area contributed by atoms with Crippen LogP contribution in [0.4, 0.5) is 0 Å². The first-order valence-corrected chi connectivity index (χ1v) is 6.36. The minimum absolute atomic E-state index is 0.377. The highest BCUT2D eigenvalue weighted by Gasteiger charge is 2.27. The van der Waals surface area contributed by atoms with Crippen molar-refractivity contribution in [3.05, 3.63) is 0 Å². The predicted molar refractivity (Wildman–Crippen MR) is 69.1 cm³/mol. The van der Waals surface area contributed by atoms with Crippen LogP contribution in [0.1, 0.15) is 59.3 Å². The van der Waals surface area contributed by atoms with Gasteiger partial charge in [0.2, 0.25) is 0 Å². The maximum atomic E-state index is 8.39. The Bertz CT molecular complexity index is 309. The van der Waals surface area contributed by atoms with E-state index in [9.17, 15) is 0 Å². The molecule has 2 fully saturated rings. The number of hydrogen-bond donors (Lipinski definition) is 2. The lowest BCUT2D eigenvalue weighted by atomic mass is 9.92. The fourth-order valence-electron chi connectivity index (χ4n) is 2.41. The van der Waals surface area contributed by atoms with Gasteiger partial charge < -0.3 is 10.4 Å². The Kier molecular flexibility index (Phi) is 4.97. The van der Waals surface area contributed by atoms with Gasteiger partial charge in [-0.25, -0.2) is 0 Å². The molecule has 2 N–H and O–H groups in total. The van der Waals surface area contributed by atoms with Gasteiger partial charge in [-0.05, 0) is 49.9 Å². The maximum Gasteiger partial charge on any atom is 0.0576 e. The van der Waals surface area contributed by atoms with Crippen LogP contribution in [-0.2, 0) is 0 Å². The van der Waals surface area contributed by atoms with E-state index in [4.69, 9.17) is 10.4 Å². The van der Waals surface area contributed by atoms with Crippen LogP contribution in [0.3, 0.4) is 0 Å². The van der Waals surface area contributed by atoms with Crippen LogP contribution in [0.5, 0.6) is 0 Å². The lowest BCUT2D eigenvalue weighted by Crippen LogP contribution is -2.04. The van der Waals surface area contributed by atoms with E-state index in [0.717, 1.165) is 49.4 Å². The van der Waals surface area contributed by atoms with Crippen LogP contribution in [0.25, 0.3) is 0 Å². The van der Waals surface area contributed by atoms with Crippen LogP contribution >= 0.6 is 0 Å². The summed E-state index contributed by atoms with van der Waals surface area (Å²) in [6.45, 7) is 6.58. The van der Waals surface area contributed by atoms with Gasteiger partial charge in [-0.3, -0.25) is 0 Å². The van der Waals surface area contributed by atoms with Crippen molar-refractivity contribution in [2.75, 3.05) is 0 Å². The quantitative estimate of drug-likeness (QED) is 0.501. The molecule has 0 aromatic rings. The van der Waals surface area contributed by atoms with Crippen LogP contribution in [0.15, 0.2) is 10.3 Å². The molecule has 0 aliphatic heterocycles. The monoisotopic (exact) mass is 240 g/mol. The summed E-state index contributed by atoms with van der Waals surface area (Å²) in [5.74, 6) is 0.737.